The zero-order chi connectivity index (χ0) is 30.9. The van der Waals surface area contributed by atoms with Gasteiger partial charge < -0.3 is 40.1 Å². The average molecular weight is 606 g/mol. The van der Waals surface area contributed by atoms with E-state index in [0.29, 0.717) is 4.90 Å². The minimum Gasteiger partial charge on any atom is -0.534 e. The van der Waals surface area contributed by atoms with Crippen LogP contribution >= 0.6 is 7.60 Å². The van der Waals surface area contributed by atoms with Gasteiger partial charge in [0, 0.05) is 19.6 Å². The Labute approximate surface area is 237 Å². The first-order valence-corrected chi connectivity index (χ1v) is 14.1. The van der Waals surface area contributed by atoms with Crippen molar-refractivity contribution in [3.05, 3.63) is 58.9 Å². The largest absolute Gasteiger partial charge is 0.547 e. The van der Waals surface area contributed by atoms with Crippen LogP contribution in [0.4, 0.5) is 9.18 Å². The van der Waals surface area contributed by atoms with Crippen molar-refractivity contribution in [3.63, 3.8) is 0 Å². The maximum atomic E-state index is 14.1. The van der Waals surface area contributed by atoms with E-state index in [4.69, 9.17) is 4.65 Å². The zero-order valence-electron chi connectivity index (χ0n) is 21.9. The molecule has 4 rings (SSSR count). The third-order valence-corrected chi connectivity index (χ3v) is 7.75. The summed E-state index contributed by atoms with van der Waals surface area (Å²) in [4.78, 5) is 83.5. The molecule has 2 aromatic rings. The van der Waals surface area contributed by atoms with E-state index in [1.54, 1.807) is 6.92 Å². The predicted octanol–water partition coefficient (Wildman–Crippen LogP) is -1.09. The number of rotatable bonds is 7. The fourth-order valence-electron chi connectivity index (χ4n) is 4.56. The number of benzene rings is 2. The first kappa shape index (κ1) is 30.6. The molecule has 2 aliphatic rings. The highest BCUT2D eigenvalue weighted by molar-refractivity contribution is 7.60. The molecule has 0 radical (unpaired) electrons. The minimum atomic E-state index is -4.65. The summed E-state index contributed by atoms with van der Waals surface area (Å²) in [5.74, 6) is -7.35. The first-order valence-electron chi connectivity index (χ1n) is 12.5. The number of piperazine rings is 1. The van der Waals surface area contributed by atoms with Gasteiger partial charge in [-0.3, -0.25) is 23.8 Å². The molecule has 0 aliphatic carbocycles. The molecule has 0 aromatic heterocycles. The van der Waals surface area contributed by atoms with E-state index in [2.05, 4.69) is 10.6 Å². The molecule has 2 atom stereocenters. The quantitative estimate of drug-likeness (QED) is 0.126. The van der Waals surface area contributed by atoms with E-state index in [1.165, 1.54) is 11.0 Å². The van der Waals surface area contributed by atoms with E-state index in [-0.39, 0.29) is 42.5 Å². The number of hydrogen-bond donors (Lipinski definition) is 6. The van der Waals surface area contributed by atoms with Crippen LogP contribution in [-0.2, 0) is 25.4 Å². The third-order valence-electron chi connectivity index (χ3n) is 6.78. The number of carbonyl (C=O) groups is 5. The first-order chi connectivity index (χ1) is 19.7. The summed E-state index contributed by atoms with van der Waals surface area (Å²) in [5, 5.41) is 24.3. The summed E-state index contributed by atoms with van der Waals surface area (Å²) < 4.78 is 30.9. The van der Waals surface area contributed by atoms with Crippen LogP contribution < -0.4 is 20.6 Å². The highest BCUT2D eigenvalue weighted by atomic mass is 31.2. The van der Waals surface area contributed by atoms with E-state index < -0.39 is 73.5 Å². The minimum absolute atomic E-state index is 0.0193. The molecule has 2 aliphatic heterocycles. The molecule has 15 nitrogen and oxygen atoms in total. The standard InChI is InChI=1S/C24H25BFN4O11P/c1-2-29-9-10-30(22(33)21(29)32)24(36)28-18(12-3-6-14(7-4-12)42(38,39)40)20(31)27-16-11-13-5-8-15(26)17(23(34)35)19(13)41-25(16)37/h3-8,16,18,37H,2,9-11H2,1H3,(H,27,31)(H,28,36)(H,34,35)(H2,38,39,40)/t16-,18-/m0/s1. The summed E-state index contributed by atoms with van der Waals surface area (Å²) in [5.41, 5.74) is -0.617. The molecule has 42 heavy (non-hydrogen) atoms. The fraction of sp³-hybridized carbons (Fsp3) is 0.292. The van der Waals surface area contributed by atoms with Crippen LogP contribution in [0.3, 0.4) is 0 Å². The Morgan fingerprint density at radius 2 is 1.79 bits per heavy atom. The van der Waals surface area contributed by atoms with Crippen molar-refractivity contribution in [2.45, 2.75) is 25.3 Å². The summed E-state index contributed by atoms with van der Waals surface area (Å²) in [6.45, 7) is 1.80. The maximum absolute atomic E-state index is 14.1. The Kier molecular flexibility index (Phi) is 8.68. The Balaban J connectivity index is 1.60. The van der Waals surface area contributed by atoms with Crippen LogP contribution in [0.5, 0.6) is 5.75 Å². The normalized spacial score (nSPS) is 17.7. The number of likely N-dealkylation sites (N-methyl/N-ethyl adjacent to an activating group) is 1. The number of fused-ring (bicyclic) bond motifs is 1. The highest BCUT2D eigenvalue weighted by Gasteiger charge is 2.41. The number of carboxylic acids is 1. The second-order valence-electron chi connectivity index (χ2n) is 9.40. The molecule has 5 amide bonds. The van der Waals surface area contributed by atoms with Crippen LogP contribution in [0.15, 0.2) is 36.4 Å². The molecule has 222 valence electrons. The van der Waals surface area contributed by atoms with Crippen molar-refractivity contribution < 1.29 is 57.5 Å². The van der Waals surface area contributed by atoms with Gasteiger partial charge in [-0.1, -0.05) is 18.2 Å². The van der Waals surface area contributed by atoms with Gasteiger partial charge in [-0.15, -0.1) is 0 Å². The summed E-state index contributed by atoms with van der Waals surface area (Å²) >= 11 is 0. The van der Waals surface area contributed by atoms with Gasteiger partial charge in [0.15, 0.2) is 0 Å². The van der Waals surface area contributed by atoms with Gasteiger partial charge in [0.2, 0.25) is 5.91 Å². The molecule has 2 heterocycles. The summed E-state index contributed by atoms with van der Waals surface area (Å²) in [6.07, 6.45) is -0.202. The molecule has 0 spiro atoms. The Morgan fingerprint density at radius 1 is 1.12 bits per heavy atom. The van der Waals surface area contributed by atoms with Gasteiger partial charge in [-0.2, -0.15) is 0 Å². The number of urea groups is 1. The number of imide groups is 1. The Bertz CT molecular complexity index is 1500. The molecule has 0 unspecified atom stereocenters. The number of hydrogen-bond acceptors (Lipinski definition) is 8. The van der Waals surface area contributed by atoms with Crippen molar-refractivity contribution in [1.29, 1.82) is 0 Å². The maximum Gasteiger partial charge on any atom is 0.547 e. The highest BCUT2D eigenvalue weighted by Crippen LogP contribution is 2.34. The number of aromatic carboxylic acids is 1. The molecule has 1 fully saturated rings. The molecule has 0 bridgehead atoms. The lowest BCUT2D eigenvalue weighted by molar-refractivity contribution is -0.153. The average Bonchev–Trinajstić information content (AvgIpc) is 2.93. The van der Waals surface area contributed by atoms with Crippen LogP contribution in [0.1, 0.15) is 34.5 Å². The topological polar surface area (TPSA) is 223 Å². The van der Waals surface area contributed by atoms with Crippen molar-refractivity contribution >= 4 is 49.7 Å². The second-order valence-corrected chi connectivity index (χ2v) is 11.0. The third kappa shape index (κ3) is 6.13. The van der Waals surface area contributed by atoms with Crippen LogP contribution in [0, 0.1) is 5.82 Å². The van der Waals surface area contributed by atoms with Gasteiger partial charge in [-0.05, 0) is 42.7 Å². The number of nitrogens with one attached hydrogen (secondary N) is 2. The molecule has 18 heteroatoms. The Hall–Kier alpha value is -4.31. The number of carbonyl (C=O) groups excluding carboxylic acids is 4. The van der Waals surface area contributed by atoms with Gasteiger partial charge in [0.1, 0.15) is 23.2 Å². The van der Waals surface area contributed by atoms with Gasteiger partial charge in [0.25, 0.3) is 0 Å². The number of halogens is 1. The number of carboxylic acid groups (broad SMARTS) is 1. The van der Waals surface area contributed by atoms with Crippen LogP contribution in [-0.4, -0.2) is 92.1 Å². The van der Waals surface area contributed by atoms with Crippen LogP contribution in [0.25, 0.3) is 0 Å². The fourth-order valence-corrected chi connectivity index (χ4v) is 5.10. The van der Waals surface area contributed by atoms with Gasteiger partial charge >= 0.3 is 38.5 Å². The molecular formula is C24H25BFN4O11P. The number of amides is 5. The van der Waals surface area contributed by atoms with Gasteiger partial charge in [0.05, 0.1) is 11.2 Å². The molecule has 1 saturated heterocycles. The number of nitrogens with zero attached hydrogens (tertiary/aromatic N) is 2. The monoisotopic (exact) mass is 606 g/mol. The van der Waals surface area contributed by atoms with Crippen molar-refractivity contribution in [1.82, 2.24) is 20.4 Å². The van der Waals surface area contributed by atoms with Crippen molar-refractivity contribution in [3.8, 4) is 5.75 Å². The van der Waals surface area contributed by atoms with E-state index in [1.807, 2.05) is 0 Å². The van der Waals surface area contributed by atoms with E-state index >= 15 is 0 Å². The van der Waals surface area contributed by atoms with Gasteiger partial charge in [-0.25, -0.2) is 14.0 Å². The predicted molar refractivity (Wildman–Crippen MR) is 141 cm³/mol. The molecular weight excluding hydrogens is 581 g/mol. The Morgan fingerprint density at radius 3 is 2.38 bits per heavy atom. The van der Waals surface area contributed by atoms with Crippen molar-refractivity contribution in [2.75, 3.05) is 19.6 Å². The van der Waals surface area contributed by atoms with Crippen molar-refractivity contribution in [2.24, 2.45) is 0 Å². The molecule has 6 N–H and O–H groups in total. The molecule has 0 saturated carbocycles. The second kappa shape index (κ2) is 11.9. The molecule has 2 aromatic carbocycles. The lowest BCUT2D eigenvalue weighted by atomic mass is 9.72. The van der Waals surface area contributed by atoms with E-state index in [0.717, 1.165) is 30.3 Å². The summed E-state index contributed by atoms with van der Waals surface area (Å²) in [7, 11) is -6.49. The smallest absolute Gasteiger partial charge is 0.534 e. The van der Waals surface area contributed by atoms with Crippen LogP contribution in [0.2, 0.25) is 0 Å². The zero-order valence-corrected chi connectivity index (χ0v) is 22.8. The van der Waals surface area contributed by atoms with E-state index in [9.17, 15) is 52.8 Å². The lowest BCUT2D eigenvalue weighted by Gasteiger charge is -2.33. The SMILES string of the molecule is CCN1CCN(C(=O)N[C@H](C(=O)N[C@H]2Cc3ccc(F)c(C(=O)O)c3OB2O)c2ccc(P(=O)(O)O)cc2)C(=O)C1=O. The summed E-state index contributed by atoms with van der Waals surface area (Å²) in [6, 6.07) is 3.80. The lowest BCUT2D eigenvalue weighted by Crippen LogP contribution is -2.60.